The number of hydrogen-bond acceptors (Lipinski definition) is 2. The molecule has 2 aromatic carbocycles. The van der Waals surface area contributed by atoms with Crippen molar-refractivity contribution in [2.75, 3.05) is 13.7 Å². The largest absolute Gasteiger partial charge is 0.497 e. The number of H-pyrrole nitrogens is 1. The lowest BCUT2D eigenvalue weighted by Gasteiger charge is -2.24. The van der Waals surface area contributed by atoms with E-state index in [0.29, 0.717) is 0 Å². The molecule has 1 aliphatic heterocycles. The Morgan fingerprint density at radius 1 is 1.14 bits per heavy atom. The first-order chi connectivity index (χ1) is 10.4. The molecule has 4 rings (SSSR count). The van der Waals surface area contributed by atoms with E-state index in [2.05, 4.69) is 35.3 Å². The summed E-state index contributed by atoms with van der Waals surface area (Å²) in [6.07, 6.45) is 0.913. The van der Waals surface area contributed by atoms with Crippen molar-refractivity contribution in [2.45, 2.75) is 12.5 Å². The number of hydrogen-bond donors (Lipinski definition) is 1. The summed E-state index contributed by atoms with van der Waals surface area (Å²) in [7, 11) is 1.69. The molecule has 0 saturated heterocycles. The highest BCUT2D eigenvalue weighted by Crippen LogP contribution is 2.37. The van der Waals surface area contributed by atoms with Gasteiger partial charge in [-0.15, -0.1) is 0 Å². The molecule has 2 heterocycles. The predicted octanol–water partition coefficient (Wildman–Crippen LogP) is 3.84. The number of methoxy groups -OCH3 is 1. The molecule has 0 amide bonds. The average molecular weight is 279 g/mol. The normalized spacial score (nSPS) is 17.7. The Hall–Kier alpha value is -2.26. The number of rotatable bonds is 2. The Balaban J connectivity index is 1.86. The van der Waals surface area contributed by atoms with Gasteiger partial charge < -0.3 is 14.5 Å². The number of benzene rings is 2. The molecule has 0 fully saturated rings. The molecule has 1 aliphatic rings. The van der Waals surface area contributed by atoms with Gasteiger partial charge in [0.25, 0.3) is 0 Å². The van der Waals surface area contributed by atoms with Crippen LogP contribution in [0.2, 0.25) is 0 Å². The van der Waals surface area contributed by atoms with Crippen LogP contribution < -0.4 is 4.74 Å². The van der Waals surface area contributed by atoms with E-state index in [1.807, 2.05) is 18.2 Å². The molecule has 0 bridgehead atoms. The van der Waals surface area contributed by atoms with Crippen LogP contribution in [0.3, 0.4) is 0 Å². The molecule has 0 saturated carbocycles. The highest BCUT2D eigenvalue weighted by Gasteiger charge is 2.26. The maximum atomic E-state index is 6.03. The van der Waals surface area contributed by atoms with Crippen LogP contribution in [0.15, 0.2) is 48.5 Å². The fourth-order valence-corrected chi connectivity index (χ4v) is 3.14. The lowest BCUT2D eigenvalue weighted by atomic mass is 9.97. The third kappa shape index (κ3) is 2.01. The Kier molecular flexibility index (Phi) is 2.93. The summed E-state index contributed by atoms with van der Waals surface area (Å²) in [6, 6.07) is 16.6. The van der Waals surface area contributed by atoms with E-state index in [-0.39, 0.29) is 6.10 Å². The van der Waals surface area contributed by atoms with Crippen molar-refractivity contribution in [2.24, 2.45) is 0 Å². The summed E-state index contributed by atoms with van der Waals surface area (Å²) in [5, 5.41) is 1.31. The second-order valence-electron chi connectivity index (χ2n) is 5.34. The summed E-state index contributed by atoms with van der Waals surface area (Å²) in [4.78, 5) is 3.54. The van der Waals surface area contributed by atoms with Crippen molar-refractivity contribution in [3.8, 4) is 5.75 Å². The Bertz CT molecular complexity index is 791. The van der Waals surface area contributed by atoms with Crippen LogP contribution in [-0.2, 0) is 11.2 Å². The van der Waals surface area contributed by atoms with Crippen LogP contribution in [0, 0.1) is 0 Å². The van der Waals surface area contributed by atoms with Gasteiger partial charge in [-0.25, -0.2) is 0 Å². The van der Waals surface area contributed by atoms with Gasteiger partial charge in [0.05, 0.1) is 19.4 Å². The van der Waals surface area contributed by atoms with Gasteiger partial charge in [0.2, 0.25) is 0 Å². The van der Waals surface area contributed by atoms with E-state index in [1.54, 1.807) is 7.11 Å². The fourth-order valence-electron chi connectivity index (χ4n) is 3.14. The lowest BCUT2D eigenvalue weighted by molar-refractivity contribution is 0.0676. The van der Waals surface area contributed by atoms with E-state index in [4.69, 9.17) is 9.47 Å². The van der Waals surface area contributed by atoms with Crippen LogP contribution in [0.1, 0.15) is 22.9 Å². The van der Waals surface area contributed by atoms with Crippen LogP contribution in [0.25, 0.3) is 10.9 Å². The average Bonchev–Trinajstić information content (AvgIpc) is 2.93. The number of para-hydroxylation sites is 1. The van der Waals surface area contributed by atoms with Gasteiger partial charge in [0.1, 0.15) is 11.9 Å². The molecule has 1 atom stereocenters. The van der Waals surface area contributed by atoms with Gasteiger partial charge in [-0.3, -0.25) is 0 Å². The highest BCUT2D eigenvalue weighted by molar-refractivity contribution is 5.85. The quantitative estimate of drug-likeness (QED) is 0.773. The first-order valence-corrected chi connectivity index (χ1v) is 7.22. The molecule has 106 valence electrons. The van der Waals surface area contributed by atoms with Crippen molar-refractivity contribution in [3.05, 3.63) is 65.4 Å². The maximum Gasteiger partial charge on any atom is 0.123 e. The molecule has 0 aliphatic carbocycles. The second kappa shape index (κ2) is 4.93. The van der Waals surface area contributed by atoms with E-state index < -0.39 is 0 Å². The van der Waals surface area contributed by atoms with Crippen molar-refractivity contribution in [1.29, 1.82) is 0 Å². The lowest BCUT2D eigenvalue weighted by Crippen LogP contribution is -2.16. The first kappa shape index (κ1) is 12.5. The SMILES string of the molecule is COc1cccc([C@H]2OCCc3c2[nH]c2ccccc32)c1. The van der Waals surface area contributed by atoms with Gasteiger partial charge in [-0.2, -0.15) is 0 Å². The molecule has 3 nitrogen and oxygen atoms in total. The zero-order chi connectivity index (χ0) is 14.2. The molecule has 1 N–H and O–H groups in total. The van der Waals surface area contributed by atoms with Crippen LogP contribution >= 0.6 is 0 Å². The van der Waals surface area contributed by atoms with E-state index in [9.17, 15) is 0 Å². The van der Waals surface area contributed by atoms with Crippen molar-refractivity contribution in [1.82, 2.24) is 4.98 Å². The minimum Gasteiger partial charge on any atom is -0.497 e. The fraction of sp³-hybridized carbons (Fsp3) is 0.222. The minimum atomic E-state index is -0.0451. The Labute approximate surface area is 123 Å². The van der Waals surface area contributed by atoms with Gasteiger partial charge in [-0.05, 0) is 35.7 Å². The molecule has 0 unspecified atom stereocenters. The number of aromatic amines is 1. The summed E-state index contributed by atoms with van der Waals surface area (Å²) >= 11 is 0. The predicted molar refractivity (Wildman–Crippen MR) is 82.8 cm³/mol. The number of ether oxygens (including phenoxy) is 2. The van der Waals surface area contributed by atoms with Crippen molar-refractivity contribution < 1.29 is 9.47 Å². The molecular weight excluding hydrogens is 262 g/mol. The zero-order valence-corrected chi connectivity index (χ0v) is 11.9. The Morgan fingerprint density at radius 3 is 2.95 bits per heavy atom. The third-order valence-electron chi connectivity index (χ3n) is 4.14. The first-order valence-electron chi connectivity index (χ1n) is 7.22. The van der Waals surface area contributed by atoms with E-state index in [1.165, 1.54) is 22.2 Å². The summed E-state index contributed by atoms with van der Waals surface area (Å²) in [5.41, 5.74) is 4.86. The van der Waals surface area contributed by atoms with E-state index in [0.717, 1.165) is 24.3 Å². The van der Waals surface area contributed by atoms with Crippen LogP contribution in [-0.4, -0.2) is 18.7 Å². The molecule has 21 heavy (non-hydrogen) atoms. The maximum absolute atomic E-state index is 6.03. The molecule has 3 aromatic rings. The van der Waals surface area contributed by atoms with Crippen molar-refractivity contribution >= 4 is 10.9 Å². The topological polar surface area (TPSA) is 34.2 Å². The van der Waals surface area contributed by atoms with Gasteiger partial charge in [0, 0.05) is 10.9 Å². The number of nitrogens with one attached hydrogen (secondary N) is 1. The van der Waals surface area contributed by atoms with Crippen molar-refractivity contribution in [3.63, 3.8) is 0 Å². The Morgan fingerprint density at radius 2 is 2.05 bits per heavy atom. The summed E-state index contributed by atoms with van der Waals surface area (Å²) in [5.74, 6) is 0.860. The number of aromatic nitrogens is 1. The van der Waals surface area contributed by atoms with Crippen LogP contribution in [0.5, 0.6) is 5.75 Å². The monoisotopic (exact) mass is 279 g/mol. The van der Waals surface area contributed by atoms with E-state index >= 15 is 0 Å². The second-order valence-corrected chi connectivity index (χ2v) is 5.34. The molecule has 3 heteroatoms. The zero-order valence-electron chi connectivity index (χ0n) is 11.9. The molecule has 0 radical (unpaired) electrons. The van der Waals surface area contributed by atoms with Gasteiger partial charge in [-0.1, -0.05) is 30.3 Å². The number of fused-ring (bicyclic) bond motifs is 3. The summed E-state index contributed by atoms with van der Waals surface area (Å²) in [6.45, 7) is 0.747. The molecule has 0 spiro atoms. The smallest absolute Gasteiger partial charge is 0.123 e. The standard InChI is InChI=1S/C18H17NO2/c1-20-13-6-4-5-12(11-13)18-17-15(9-10-21-18)14-7-2-3-8-16(14)19-17/h2-8,11,18-19H,9-10H2,1H3/t18-/m1/s1. The van der Waals surface area contributed by atoms with Gasteiger partial charge >= 0.3 is 0 Å². The minimum absolute atomic E-state index is 0.0451. The summed E-state index contributed by atoms with van der Waals surface area (Å²) < 4.78 is 11.4. The van der Waals surface area contributed by atoms with Gasteiger partial charge in [0.15, 0.2) is 0 Å². The molecule has 1 aromatic heterocycles. The third-order valence-corrected chi connectivity index (χ3v) is 4.14. The highest BCUT2D eigenvalue weighted by atomic mass is 16.5. The van der Waals surface area contributed by atoms with Crippen LogP contribution in [0.4, 0.5) is 0 Å². The molecular formula is C18H17NO2.